The van der Waals surface area contributed by atoms with Gasteiger partial charge in [-0.3, -0.25) is 4.98 Å². The van der Waals surface area contributed by atoms with E-state index in [0.717, 1.165) is 27.4 Å². The second-order valence-corrected chi connectivity index (χ2v) is 5.99. The molecule has 0 unspecified atom stereocenters. The zero-order chi connectivity index (χ0) is 14.3. The van der Waals surface area contributed by atoms with Crippen molar-refractivity contribution in [2.45, 2.75) is 26.2 Å². The minimum Gasteiger partial charge on any atom is -0.308 e. The molecule has 102 valence electrons. The first-order chi connectivity index (χ1) is 9.50. The fraction of sp³-hybridized carbons (Fsp3) is 0.250. The molecule has 0 amide bonds. The Hall–Kier alpha value is -2.20. The van der Waals surface area contributed by atoms with Crippen LogP contribution >= 0.6 is 0 Å². The van der Waals surface area contributed by atoms with Gasteiger partial charge in [-0.15, -0.1) is 0 Å². The number of nitrogen functional groups attached to an aromatic ring is 1. The lowest BCUT2D eigenvalue weighted by atomic mass is 9.86. The average Bonchev–Trinajstić information content (AvgIpc) is 2.44. The van der Waals surface area contributed by atoms with Crippen LogP contribution in [0.2, 0.25) is 0 Å². The van der Waals surface area contributed by atoms with Crippen molar-refractivity contribution in [3.63, 3.8) is 0 Å². The summed E-state index contributed by atoms with van der Waals surface area (Å²) < 4.78 is 0. The van der Waals surface area contributed by atoms with Crippen LogP contribution in [0, 0.1) is 0 Å². The average molecular weight is 266 g/mol. The lowest BCUT2D eigenvalue weighted by Gasteiger charge is -2.22. The predicted molar refractivity (Wildman–Crippen MR) is 83.6 cm³/mol. The van der Waals surface area contributed by atoms with Gasteiger partial charge in [-0.25, -0.2) is 10.8 Å². The van der Waals surface area contributed by atoms with Gasteiger partial charge in [0.05, 0.1) is 11.0 Å². The van der Waals surface area contributed by atoms with E-state index in [0.29, 0.717) is 5.82 Å². The molecule has 0 atom stereocenters. The molecule has 1 aromatic carbocycles. The van der Waals surface area contributed by atoms with E-state index in [1.807, 2.05) is 12.1 Å². The Kier molecular flexibility index (Phi) is 2.83. The van der Waals surface area contributed by atoms with Crippen molar-refractivity contribution < 1.29 is 0 Å². The Morgan fingerprint density at radius 1 is 1.05 bits per heavy atom. The number of nitrogens with zero attached hydrogens (tertiary/aromatic N) is 2. The normalized spacial score (nSPS) is 12.0. The van der Waals surface area contributed by atoms with Gasteiger partial charge in [0.25, 0.3) is 0 Å². The summed E-state index contributed by atoms with van der Waals surface area (Å²) in [6, 6.07) is 10.3. The molecule has 0 spiro atoms. The van der Waals surface area contributed by atoms with E-state index >= 15 is 0 Å². The van der Waals surface area contributed by atoms with E-state index in [9.17, 15) is 0 Å². The highest BCUT2D eigenvalue weighted by Gasteiger charge is 2.20. The third-order valence-corrected chi connectivity index (χ3v) is 3.50. The molecule has 3 rings (SSSR count). The molecule has 3 aromatic rings. The minimum absolute atomic E-state index is 0.0258. The van der Waals surface area contributed by atoms with Crippen LogP contribution in [0.4, 0.5) is 5.82 Å². The number of hydrogen-bond donors (Lipinski definition) is 2. The van der Waals surface area contributed by atoms with Gasteiger partial charge in [-0.1, -0.05) is 39.0 Å². The number of benzene rings is 1. The van der Waals surface area contributed by atoms with Gasteiger partial charge in [-0.2, -0.15) is 0 Å². The zero-order valence-corrected chi connectivity index (χ0v) is 11.9. The van der Waals surface area contributed by atoms with Crippen LogP contribution < -0.4 is 11.3 Å². The SMILES string of the molecule is CC(C)(C)c1cc2ccc3cccnc3c2nc1NN. The number of rotatable bonds is 1. The smallest absolute Gasteiger partial charge is 0.144 e. The predicted octanol–water partition coefficient (Wildman–Crippen LogP) is 3.37. The third-order valence-electron chi connectivity index (χ3n) is 3.50. The van der Waals surface area contributed by atoms with E-state index in [1.54, 1.807) is 6.20 Å². The number of aromatic nitrogens is 2. The Morgan fingerprint density at radius 2 is 1.80 bits per heavy atom. The molecule has 0 fully saturated rings. The summed E-state index contributed by atoms with van der Waals surface area (Å²) in [4.78, 5) is 9.14. The molecule has 2 aromatic heterocycles. The van der Waals surface area contributed by atoms with Gasteiger partial charge < -0.3 is 5.43 Å². The second-order valence-electron chi connectivity index (χ2n) is 5.99. The molecule has 2 heterocycles. The fourth-order valence-corrected chi connectivity index (χ4v) is 2.46. The van der Waals surface area contributed by atoms with Crippen molar-refractivity contribution >= 4 is 27.6 Å². The molecule has 0 bridgehead atoms. The van der Waals surface area contributed by atoms with E-state index in [-0.39, 0.29) is 5.41 Å². The molecule has 3 N–H and O–H groups in total. The fourth-order valence-electron chi connectivity index (χ4n) is 2.46. The summed E-state index contributed by atoms with van der Waals surface area (Å²) in [7, 11) is 0. The van der Waals surface area contributed by atoms with Crippen molar-refractivity contribution in [1.29, 1.82) is 0 Å². The van der Waals surface area contributed by atoms with Crippen molar-refractivity contribution in [2.75, 3.05) is 5.43 Å². The Balaban J connectivity index is 2.41. The molecule has 0 aliphatic carbocycles. The molecule has 4 nitrogen and oxygen atoms in total. The maximum Gasteiger partial charge on any atom is 0.144 e. The van der Waals surface area contributed by atoms with E-state index < -0.39 is 0 Å². The van der Waals surface area contributed by atoms with Crippen LogP contribution in [0.15, 0.2) is 36.5 Å². The number of nitrogens with one attached hydrogen (secondary N) is 1. The quantitative estimate of drug-likeness (QED) is 0.403. The lowest BCUT2D eigenvalue weighted by Crippen LogP contribution is -2.19. The Bertz CT molecular complexity index is 787. The highest BCUT2D eigenvalue weighted by molar-refractivity contribution is 6.03. The third kappa shape index (κ3) is 1.98. The Morgan fingerprint density at radius 3 is 2.50 bits per heavy atom. The highest BCUT2D eigenvalue weighted by Crippen LogP contribution is 2.32. The molecule has 0 saturated heterocycles. The van der Waals surface area contributed by atoms with E-state index in [2.05, 4.69) is 54.4 Å². The van der Waals surface area contributed by atoms with Crippen LogP contribution in [0.5, 0.6) is 0 Å². The topological polar surface area (TPSA) is 63.8 Å². The van der Waals surface area contributed by atoms with Gasteiger partial charge in [0, 0.05) is 22.5 Å². The number of nitrogens with two attached hydrogens (primary N) is 1. The van der Waals surface area contributed by atoms with Crippen LogP contribution in [0.1, 0.15) is 26.3 Å². The standard InChI is InChI=1S/C16H18N4/c1-16(2,3)12-9-11-7-6-10-5-4-8-18-13(10)14(11)19-15(12)20-17/h4-9H,17H2,1-3H3,(H,19,20). The number of hydrazine groups is 1. The highest BCUT2D eigenvalue weighted by atomic mass is 15.3. The Labute approximate surface area is 118 Å². The molecule has 20 heavy (non-hydrogen) atoms. The van der Waals surface area contributed by atoms with Gasteiger partial charge >= 0.3 is 0 Å². The van der Waals surface area contributed by atoms with Crippen molar-refractivity contribution in [2.24, 2.45) is 5.84 Å². The molecule has 0 aliphatic heterocycles. The summed E-state index contributed by atoms with van der Waals surface area (Å²) in [5, 5.41) is 2.17. The first-order valence-electron chi connectivity index (χ1n) is 6.66. The maximum absolute atomic E-state index is 5.65. The van der Waals surface area contributed by atoms with Gasteiger partial charge in [0.2, 0.25) is 0 Å². The summed E-state index contributed by atoms with van der Waals surface area (Å²) in [6.45, 7) is 6.45. The van der Waals surface area contributed by atoms with E-state index in [1.165, 1.54) is 0 Å². The number of hydrogen-bond acceptors (Lipinski definition) is 4. The number of fused-ring (bicyclic) bond motifs is 3. The van der Waals surface area contributed by atoms with Crippen LogP contribution in [-0.2, 0) is 5.41 Å². The zero-order valence-electron chi connectivity index (χ0n) is 11.9. The summed E-state index contributed by atoms with van der Waals surface area (Å²) in [5.41, 5.74) is 5.58. The first-order valence-corrected chi connectivity index (χ1v) is 6.66. The molecule has 4 heteroatoms. The summed E-state index contributed by atoms with van der Waals surface area (Å²) >= 11 is 0. The van der Waals surface area contributed by atoms with Crippen molar-refractivity contribution in [3.8, 4) is 0 Å². The number of anilines is 1. The van der Waals surface area contributed by atoms with Crippen LogP contribution in [0.25, 0.3) is 21.8 Å². The first kappa shape index (κ1) is 12.8. The summed E-state index contributed by atoms with van der Waals surface area (Å²) in [5.74, 6) is 6.36. The van der Waals surface area contributed by atoms with Crippen molar-refractivity contribution in [1.82, 2.24) is 9.97 Å². The van der Waals surface area contributed by atoms with E-state index in [4.69, 9.17) is 5.84 Å². The monoisotopic (exact) mass is 266 g/mol. The molecular formula is C16H18N4. The second kappa shape index (κ2) is 4.42. The van der Waals surface area contributed by atoms with Gasteiger partial charge in [0.1, 0.15) is 5.82 Å². The molecule has 0 saturated carbocycles. The van der Waals surface area contributed by atoms with Crippen LogP contribution in [0.3, 0.4) is 0 Å². The van der Waals surface area contributed by atoms with Crippen LogP contribution in [-0.4, -0.2) is 9.97 Å². The minimum atomic E-state index is -0.0258. The van der Waals surface area contributed by atoms with Gasteiger partial charge in [0.15, 0.2) is 0 Å². The number of pyridine rings is 2. The molecular weight excluding hydrogens is 248 g/mol. The van der Waals surface area contributed by atoms with Crippen molar-refractivity contribution in [3.05, 3.63) is 42.1 Å². The summed E-state index contributed by atoms with van der Waals surface area (Å²) in [6.07, 6.45) is 1.79. The largest absolute Gasteiger partial charge is 0.308 e. The molecule has 0 aliphatic rings. The van der Waals surface area contributed by atoms with Gasteiger partial charge in [-0.05, 0) is 17.5 Å². The molecule has 0 radical (unpaired) electrons. The lowest BCUT2D eigenvalue weighted by molar-refractivity contribution is 0.590. The maximum atomic E-state index is 5.65.